The van der Waals surface area contributed by atoms with Gasteiger partial charge in [-0.2, -0.15) is 5.10 Å². The second-order valence-electron chi connectivity index (χ2n) is 5.78. The van der Waals surface area contributed by atoms with Gasteiger partial charge in [-0.05, 0) is 34.6 Å². The minimum absolute atomic E-state index is 0.00931. The van der Waals surface area contributed by atoms with Gasteiger partial charge >= 0.3 is 0 Å². The molecule has 1 aromatic heterocycles. The van der Waals surface area contributed by atoms with Crippen molar-refractivity contribution in [2.75, 3.05) is 11.9 Å². The predicted octanol–water partition coefficient (Wildman–Crippen LogP) is 2.18. The SMILES string of the molecule is CC(C)n1cc(NC(=O)CCNC(C)(C)C)cn1. The molecule has 102 valence electrons. The Morgan fingerprint density at radius 2 is 2.11 bits per heavy atom. The van der Waals surface area contributed by atoms with Gasteiger partial charge in [0, 0.05) is 30.7 Å². The summed E-state index contributed by atoms with van der Waals surface area (Å²) in [6.45, 7) is 11.0. The number of aromatic nitrogens is 2. The summed E-state index contributed by atoms with van der Waals surface area (Å²) in [6, 6.07) is 0.304. The number of anilines is 1. The number of nitrogens with zero attached hydrogens (tertiary/aromatic N) is 2. The van der Waals surface area contributed by atoms with Crippen LogP contribution < -0.4 is 10.6 Å². The van der Waals surface area contributed by atoms with Crippen LogP contribution >= 0.6 is 0 Å². The Morgan fingerprint density at radius 3 is 2.61 bits per heavy atom. The van der Waals surface area contributed by atoms with Crippen LogP contribution in [-0.2, 0) is 4.79 Å². The summed E-state index contributed by atoms with van der Waals surface area (Å²) < 4.78 is 1.82. The third kappa shape index (κ3) is 5.31. The van der Waals surface area contributed by atoms with Crippen molar-refractivity contribution in [2.24, 2.45) is 0 Å². The minimum atomic E-state index is 0.00931. The molecular weight excluding hydrogens is 228 g/mol. The summed E-state index contributed by atoms with van der Waals surface area (Å²) in [5.41, 5.74) is 0.799. The molecule has 0 fully saturated rings. The molecule has 0 unspecified atom stereocenters. The van der Waals surface area contributed by atoms with Crippen LogP contribution in [0.5, 0.6) is 0 Å². The quantitative estimate of drug-likeness (QED) is 0.844. The first-order valence-corrected chi connectivity index (χ1v) is 6.37. The predicted molar refractivity (Wildman–Crippen MR) is 73.6 cm³/mol. The lowest BCUT2D eigenvalue weighted by atomic mass is 10.1. The number of rotatable bonds is 5. The van der Waals surface area contributed by atoms with E-state index in [-0.39, 0.29) is 11.4 Å². The van der Waals surface area contributed by atoms with Gasteiger partial charge in [0.25, 0.3) is 0 Å². The summed E-state index contributed by atoms with van der Waals surface area (Å²) in [4.78, 5) is 11.7. The van der Waals surface area contributed by atoms with Crippen molar-refractivity contribution in [3.8, 4) is 0 Å². The molecular formula is C13H24N4O. The number of nitrogens with one attached hydrogen (secondary N) is 2. The lowest BCUT2D eigenvalue weighted by molar-refractivity contribution is -0.116. The van der Waals surface area contributed by atoms with Gasteiger partial charge < -0.3 is 10.6 Å². The van der Waals surface area contributed by atoms with E-state index in [0.29, 0.717) is 19.0 Å². The molecule has 0 saturated carbocycles. The van der Waals surface area contributed by atoms with Crippen LogP contribution in [0.3, 0.4) is 0 Å². The van der Waals surface area contributed by atoms with Crippen LogP contribution in [0.15, 0.2) is 12.4 Å². The van der Waals surface area contributed by atoms with Crippen LogP contribution in [0.1, 0.15) is 47.1 Å². The van der Waals surface area contributed by atoms with Crippen molar-refractivity contribution in [1.29, 1.82) is 0 Å². The largest absolute Gasteiger partial charge is 0.323 e. The fourth-order valence-electron chi connectivity index (χ4n) is 1.46. The number of amides is 1. The maximum atomic E-state index is 11.7. The first-order valence-electron chi connectivity index (χ1n) is 6.37. The molecule has 0 spiro atoms. The molecule has 1 amide bonds. The van der Waals surface area contributed by atoms with E-state index in [1.807, 2.05) is 24.7 Å². The molecule has 0 aromatic carbocycles. The molecule has 18 heavy (non-hydrogen) atoms. The van der Waals surface area contributed by atoms with E-state index in [2.05, 4.69) is 36.5 Å². The Labute approximate surface area is 109 Å². The van der Waals surface area contributed by atoms with Crippen LogP contribution in [0.4, 0.5) is 5.69 Å². The molecule has 5 nitrogen and oxygen atoms in total. The van der Waals surface area contributed by atoms with E-state index in [4.69, 9.17) is 0 Å². The summed E-state index contributed by atoms with van der Waals surface area (Å²) in [7, 11) is 0. The lowest BCUT2D eigenvalue weighted by Crippen LogP contribution is -2.37. The number of carbonyl (C=O) groups excluding carboxylic acids is 1. The first-order chi connectivity index (χ1) is 8.28. The van der Waals surface area contributed by atoms with Crippen molar-refractivity contribution < 1.29 is 4.79 Å². The van der Waals surface area contributed by atoms with Crippen molar-refractivity contribution in [2.45, 2.75) is 52.6 Å². The monoisotopic (exact) mass is 252 g/mol. The maximum Gasteiger partial charge on any atom is 0.225 e. The third-order valence-electron chi connectivity index (χ3n) is 2.42. The summed E-state index contributed by atoms with van der Waals surface area (Å²) >= 11 is 0. The minimum Gasteiger partial charge on any atom is -0.323 e. The highest BCUT2D eigenvalue weighted by Crippen LogP contribution is 2.10. The number of hydrogen-bond donors (Lipinski definition) is 2. The fourth-order valence-corrected chi connectivity index (χ4v) is 1.46. The average molecular weight is 252 g/mol. The standard InChI is InChI=1S/C13H24N4O/c1-10(2)17-9-11(8-15-17)16-12(18)6-7-14-13(3,4)5/h8-10,14H,6-7H2,1-5H3,(H,16,18). The third-order valence-corrected chi connectivity index (χ3v) is 2.42. The average Bonchev–Trinajstić information content (AvgIpc) is 2.64. The summed E-state index contributed by atoms with van der Waals surface area (Å²) in [5, 5.41) is 10.3. The van der Waals surface area contributed by atoms with E-state index in [9.17, 15) is 4.79 Å². The molecule has 5 heteroatoms. The molecule has 2 N–H and O–H groups in total. The van der Waals surface area contributed by atoms with Gasteiger partial charge in [-0.15, -0.1) is 0 Å². The Kier molecular flexibility index (Phi) is 4.90. The summed E-state index contributed by atoms with van der Waals surface area (Å²) in [5.74, 6) is 0.00931. The van der Waals surface area contributed by atoms with Crippen molar-refractivity contribution in [3.63, 3.8) is 0 Å². The van der Waals surface area contributed by atoms with Gasteiger partial charge in [-0.1, -0.05) is 0 Å². The molecule has 0 bridgehead atoms. The number of hydrogen-bond acceptors (Lipinski definition) is 3. The first kappa shape index (κ1) is 14.7. The van der Waals surface area contributed by atoms with E-state index < -0.39 is 0 Å². The molecule has 1 rings (SSSR count). The van der Waals surface area contributed by atoms with E-state index >= 15 is 0 Å². The smallest absolute Gasteiger partial charge is 0.225 e. The summed E-state index contributed by atoms with van der Waals surface area (Å²) in [6.07, 6.45) is 3.99. The van der Waals surface area contributed by atoms with Crippen molar-refractivity contribution in [1.82, 2.24) is 15.1 Å². The van der Waals surface area contributed by atoms with Crippen LogP contribution in [0.2, 0.25) is 0 Å². The molecule has 1 heterocycles. The van der Waals surface area contributed by atoms with Crippen LogP contribution in [-0.4, -0.2) is 27.8 Å². The van der Waals surface area contributed by atoms with Crippen LogP contribution in [0, 0.1) is 0 Å². The van der Waals surface area contributed by atoms with Gasteiger partial charge in [0.15, 0.2) is 0 Å². The van der Waals surface area contributed by atoms with Gasteiger partial charge in [0.05, 0.1) is 11.9 Å². The van der Waals surface area contributed by atoms with Gasteiger partial charge in [0.1, 0.15) is 0 Å². The molecule has 1 aromatic rings. The van der Waals surface area contributed by atoms with Gasteiger partial charge in [-0.3, -0.25) is 9.48 Å². The Morgan fingerprint density at radius 1 is 1.44 bits per heavy atom. The second kappa shape index (κ2) is 6.00. The molecule has 0 atom stereocenters. The molecule has 0 aliphatic heterocycles. The lowest BCUT2D eigenvalue weighted by Gasteiger charge is -2.20. The second-order valence-corrected chi connectivity index (χ2v) is 5.78. The normalized spacial score (nSPS) is 11.9. The fraction of sp³-hybridized carbons (Fsp3) is 0.692. The molecule has 0 aliphatic carbocycles. The maximum absolute atomic E-state index is 11.7. The zero-order valence-electron chi connectivity index (χ0n) is 11.9. The Bertz CT molecular complexity index is 390. The number of carbonyl (C=O) groups is 1. The highest BCUT2D eigenvalue weighted by Gasteiger charge is 2.10. The van der Waals surface area contributed by atoms with E-state index in [1.165, 1.54) is 0 Å². The van der Waals surface area contributed by atoms with Gasteiger partial charge in [-0.25, -0.2) is 0 Å². The Balaban J connectivity index is 2.35. The van der Waals surface area contributed by atoms with E-state index in [1.54, 1.807) is 6.20 Å². The Hall–Kier alpha value is -1.36. The van der Waals surface area contributed by atoms with Crippen molar-refractivity contribution in [3.05, 3.63) is 12.4 Å². The zero-order valence-corrected chi connectivity index (χ0v) is 11.9. The van der Waals surface area contributed by atoms with Gasteiger partial charge in [0.2, 0.25) is 5.91 Å². The van der Waals surface area contributed by atoms with E-state index in [0.717, 1.165) is 5.69 Å². The molecule has 0 saturated heterocycles. The zero-order chi connectivity index (χ0) is 13.8. The highest BCUT2D eigenvalue weighted by atomic mass is 16.1. The molecule has 0 aliphatic rings. The molecule has 0 radical (unpaired) electrons. The van der Waals surface area contributed by atoms with Crippen molar-refractivity contribution >= 4 is 11.6 Å². The topological polar surface area (TPSA) is 59.0 Å². The van der Waals surface area contributed by atoms with Crippen LogP contribution in [0.25, 0.3) is 0 Å². The highest BCUT2D eigenvalue weighted by molar-refractivity contribution is 5.90.